The number of hydrogen-bond donors (Lipinski definition) is 2. The van der Waals surface area contributed by atoms with E-state index in [0.717, 1.165) is 42.3 Å². The quantitative estimate of drug-likeness (QED) is 0.910. The van der Waals surface area contributed by atoms with Crippen LogP contribution in [0, 0.1) is 6.92 Å². The van der Waals surface area contributed by atoms with Gasteiger partial charge in [0.25, 0.3) is 0 Å². The molecule has 5 nitrogen and oxygen atoms in total. The monoisotopic (exact) mass is 286 g/mol. The van der Waals surface area contributed by atoms with Crippen LogP contribution in [0.3, 0.4) is 0 Å². The van der Waals surface area contributed by atoms with Crippen LogP contribution >= 0.6 is 0 Å². The first-order valence-electron chi connectivity index (χ1n) is 7.42. The minimum atomic E-state index is -0.0472. The van der Waals surface area contributed by atoms with Gasteiger partial charge in [-0.3, -0.25) is 5.10 Å². The molecular formula is C16H22N4O. The van der Waals surface area contributed by atoms with Gasteiger partial charge in [0, 0.05) is 23.9 Å². The van der Waals surface area contributed by atoms with Gasteiger partial charge in [-0.25, -0.2) is 4.98 Å². The third-order valence-electron chi connectivity index (χ3n) is 3.79. The third kappa shape index (κ3) is 3.42. The van der Waals surface area contributed by atoms with Crippen LogP contribution in [0.5, 0.6) is 0 Å². The number of hydrogen-bond acceptors (Lipinski definition) is 4. The van der Waals surface area contributed by atoms with E-state index in [9.17, 15) is 0 Å². The molecule has 112 valence electrons. The van der Waals surface area contributed by atoms with Gasteiger partial charge >= 0.3 is 0 Å². The highest BCUT2D eigenvalue weighted by Crippen LogP contribution is 2.27. The molecule has 2 heterocycles. The lowest BCUT2D eigenvalue weighted by Gasteiger charge is -2.36. The molecule has 0 spiro atoms. The Morgan fingerprint density at radius 3 is 2.95 bits per heavy atom. The third-order valence-corrected chi connectivity index (χ3v) is 3.79. The molecule has 1 atom stereocenters. The maximum atomic E-state index is 5.76. The lowest BCUT2D eigenvalue weighted by atomic mass is 9.94. The van der Waals surface area contributed by atoms with Crippen molar-refractivity contribution in [2.45, 2.75) is 45.3 Å². The number of aromatic nitrogens is 3. The molecule has 1 aromatic heterocycles. The van der Waals surface area contributed by atoms with Crippen LogP contribution in [-0.2, 0) is 4.74 Å². The first kappa shape index (κ1) is 14.1. The molecule has 3 rings (SSSR count). The second kappa shape index (κ2) is 5.48. The van der Waals surface area contributed by atoms with Crippen LogP contribution in [0.4, 0.5) is 5.69 Å². The number of nitrogens with one attached hydrogen (secondary N) is 2. The lowest BCUT2D eigenvalue weighted by Crippen LogP contribution is -2.40. The van der Waals surface area contributed by atoms with Crippen molar-refractivity contribution in [3.63, 3.8) is 0 Å². The Labute approximate surface area is 125 Å². The van der Waals surface area contributed by atoms with Crippen molar-refractivity contribution in [1.82, 2.24) is 15.2 Å². The summed E-state index contributed by atoms with van der Waals surface area (Å²) in [6.45, 7) is 7.01. The average Bonchev–Trinajstić information content (AvgIpc) is 2.85. The minimum Gasteiger partial charge on any atom is -0.382 e. The molecule has 2 aromatic rings. The first-order valence-corrected chi connectivity index (χ1v) is 7.42. The Balaban J connectivity index is 1.74. The maximum absolute atomic E-state index is 5.76. The number of aromatic amines is 1. The number of aryl methyl sites for hydroxylation is 1. The molecule has 1 aromatic carbocycles. The fraction of sp³-hybridized carbons (Fsp3) is 0.500. The van der Waals surface area contributed by atoms with E-state index in [2.05, 4.69) is 46.5 Å². The summed E-state index contributed by atoms with van der Waals surface area (Å²) in [5.74, 6) is 1.57. The van der Waals surface area contributed by atoms with Gasteiger partial charge < -0.3 is 10.1 Å². The molecule has 0 amide bonds. The van der Waals surface area contributed by atoms with E-state index in [0.29, 0.717) is 6.04 Å². The number of H-pyrrole nitrogens is 1. The van der Waals surface area contributed by atoms with Crippen LogP contribution in [0.15, 0.2) is 24.3 Å². The van der Waals surface area contributed by atoms with E-state index < -0.39 is 0 Å². The summed E-state index contributed by atoms with van der Waals surface area (Å²) >= 11 is 0. The molecular weight excluding hydrogens is 264 g/mol. The zero-order chi connectivity index (χ0) is 14.9. The van der Waals surface area contributed by atoms with E-state index in [1.165, 1.54) is 0 Å². The van der Waals surface area contributed by atoms with Crippen molar-refractivity contribution in [2.24, 2.45) is 0 Å². The maximum Gasteiger partial charge on any atom is 0.181 e. The molecule has 0 saturated carbocycles. The van der Waals surface area contributed by atoms with Gasteiger partial charge in [0.1, 0.15) is 5.82 Å². The standard InChI is InChI=1S/C16H22N4O/c1-11-17-15(20-19-11)12-5-4-6-13(9-12)18-14-7-8-21-16(2,3)10-14/h4-6,9,14,18H,7-8,10H2,1-3H3,(H,17,19,20). The van der Waals surface area contributed by atoms with E-state index in [4.69, 9.17) is 4.74 Å². The normalized spacial score (nSPS) is 21.2. The van der Waals surface area contributed by atoms with E-state index in [-0.39, 0.29) is 5.60 Å². The fourth-order valence-electron chi connectivity index (χ4n) is 2.81. The molecule has 1 unspecified atom stereocenters. The summed E-state index contributed by atoms with van der Waals surface area (Å²) in [6.07, 6.45) is 2.05. The lowest BCUT2D eigenvalue weighted by molar-refractivity contribution is -0.0553. The fourth-order valence-corrected chi connectivity index (χ4v) is 2.81. The van der Waals surface area contributed by atoms with Crippen LogP contribution in [0.2, 0.25) is 0 Å². The van der Waals surface area contributed by atoms with Gasteiger partial charge in [-0.2, -0.15) is 5.10 Å². The average molecular weight is 286 g/mol. The van der Waals surface area contributed by atoms with Crippen LogP contribution in [0.25, 0.3) is 11.4 Å². The summed E-state index contributed by atoms with van der Waals surface area (Å²) in [5, 5.41) is 10.7. The van der Waals surface area contributed by atoms with Crippen molar-refractivity contribution < 1.29 is 4.74 Å². The first-order chi connectivity index (χ1) is 10.0. The van der Waals surface area contributed by atoms with Gasteiger partial charge in [0.2, 0.25) is 0 Å². The largest absolute Gasteiger partial charge is 0.382 e. The molecule has 5 heteroatoms. The number of nitrogens with zero attached hydrogens (tertiary/aromatic N) is 2. The highest BCUT2D eigenvalue weighted by Gasteiger charge is 2.28. The summed E-state index contributed by atoms with van der Waals surface area (Å²) in [7, 11) is 0. The number of rotatable bonds is 3. The topological polar surface area (TPSA) is 62.8 Å². The Morgan fingerprint density at radius 1 is 1.38 bits per heavy atom. The Hall–Kier alpha value is -1.88. The summed E-state index contributed by atoms with van der Waals surface area (Å²) in [5.41, 5.74) is 2.09. The molecule has 2 N–H and O–H groups in total. The molecule has 0 bridgehead atoms. The number of ether oxygens (including phenoxy) is 1. The van der Waals surface area contributed by atoms with Gasteiger partial charge in [-0.1, -0.05) is 12.1 Å². The predicted octanol–water partition coefficient (Wildman–Crippen LogP) is 3.15. The summed E-state index contributed by atoms with van der Waals surface area (Å²) in [4.78, 5) is 4.38. The van der Waals surface area contributed by atoms with Crippen LogP contribution in [-0.4, -0.2) is 33.4 Å². The van der Waals surface area contributed by atoms with Crippen molar-refractivity contribution in [3.05, 3.63) is 30.1 Å². The Morgan fingerprint density at radius 2 is 2.24 bits per heavy atom. The Kier molecular flexibility index (Phi) is 3.68. The van der Waals surface area contributed by atoms with Crippen molar-refractivity contribution in [1.29, 1.82) is 0 Å². The second-order valence-corrected chi connectivity index (χ2v) is 6.27. The SMILES string of the molecule is Cc1nc(-c2cccc(NC3CCOC(C)(C)C3)c2)n[nH]1. The Bertz CT molecular complexity index is 620. The van der Waals surface area contributed by atoms with E-state index in [1.54, 1.807) is 0 Å². The molecule has 1 fully saturated rings. The van der Waals surface area contributed by atoms with Crippen LogP contribution in [0.1, 0.15) is 32.5 Å². The number of anilines is 1. The van der Waals surface area contributed by atoms with E-state index in [1.807, 2.05) is 19.1 Å². The summed E-state index contributed by atoms with van der Waals surface area (Å²) in [6, 6.07) is 8.70. The summed E-state index contributed by atoms with van der Waals surface area (Å²) < 4.78 is 5.76. The second-order valence-electron chi connectivity index (χ2n) is 6.27. The van der Waals surface area contributed by atoms with Crippen molar-refractivity contribution in [2.75, 3.05) is 11.9 Å². The van der Waals surface area contributed by atoms with Crippen molar-refractivity contribution >= 4 is 5.69 Å². The predicted molar refractivity (Wildman–Crippen MR) is 83.2 cm³/mol. The van der Waals surface area contributed by atoms with Gasteiger partial charge in [-0.05, 0) is 45.7 Å². The highest BCUT2D eigenvalue weighted by atomic mass is 16.5. The highest BCUT2D eigenvalue weighted by molar-refractivity contribution is 5.62. The molecule has 0 radical (unpaired) electrons. The van der Waals surface area contributed by atoms with Crippen LogP contribution < -0.4 is 5.32 Å². The van der Waals surface area contributed by atoms with Crippen molar-refractivity contribution in [3.8, 4) is 11.4 Å². The zero-order valence-electron chi connectivity index (χ0n) is 12.8. The molecule has 1 saturated heterocycles. The molecule has 1 aliphatic rings. The smallest absolute Gasteiger partial charge is 0.181 e. The van der Waals surface area contributed by atoms with Gasteiger partial charge in [0.15, 0.2) is 5.82 Å². The number of benzene rings is 1. The minimum absolute atomic E-state index is 0.0472. The van der Waals surface area contributed by atoms with Gasteiger partial charge in [0.05, 0.1) is 5.60 Å². The van der Waals surface area contributed by atoms with E-state index >= 15 is 0 Å². The molecule has 1 aliphatic heterocycles. The molecule has 0 aliphatic carbocycles. The van der Waals surface area contributed by atoms with Gasteiger partial charge in [-0.15, -0.1) is 0 Å². The molecule has 21 heavy (non-hydrogen) atoms. The zero-order valence-corrected chi connectivity index (χ0v) is 12.8.